The molecule has 2 atom stereocenters. The van der Waals surface area contributed by atoms with Crippen molar-refractivity contribution in [2.75, 3.05) is 18.9 Å². The number of nitrogens with zero attached hydrogens (tertiary/aromatic N) is 6. The molecular weight excluding hydrogens is 507 g/mol. The summed E-state index contributed by atoms with van der Waals surface area (Å²) in [6.45, 7) is 3.80. The van der Waals surface area contributed by atoms with Gasteiger partial charge in [0.2, 0.25) is 11.8 Å². The summed E-state index contributed by atoms with van der Waals surface area (Å²) in [5.41, 5.74) is 0.703. The van der Waals surface area contributed by atoms with Gasteiger partial charge in [-0.25, -0.2) is 15.0 Å². The molecule has 0 saturated heterocycles. The monoisotopic (exact) mass is 531 g/mol. The fourth-order valence-electron chi connectivity index (χ4n) is 3.50. The Hall–Kier alpha value is -3.71. The molecule has 2 unspecified atom stereocenters. The molecule has 4 aromatic rings. The molecule has 0 bridgehead atoms. The third-order valence-electron chi connectivity index (χ3n) is 5.33. The van der Waals surface area contributed by atoms with Gasteiger partial charge in [-0.2, -0.15) is 13.2 Å². The average Bonchev–Trinajstić information content (AvgIpc) is 3.32. The van der Waals surface area contributed by atoms with Crippen LogP contribution in [0.1, 0.15) is 30.0 Å². The minimum absolute atomic E-state index is 0.204. The van der Waals surface area contributed by atoms with E-state index < -0.39 is 17.8 Å². The third kappa shape index (κ3) is 6.00. The topological polar surface area (TPSA) is 99.9 Å². The lowest BCUT2D eigenvalue weighted by molar-refractivity contribution is -0.137. The molecule has 1 aromatic carbocycles. The van der Waals surface area contributed by atoms with Crippen molar-refractivity contribution < 1.29 is 22.6 Å². The van der Waals surface area contributed by atoms with Crippen molar-refractivity contribution in [3.8, 4) is 23.1 Å². The standard InChI is InChI=1S/C24H24F3N7O2S/c1-14-12-28-21(29-13-14)20(36-4)15(2)37-33-23-32-31-22(18-9-6-10-19(30-18)35-3)34(23)17-8-5-7-16(11-17)24(25,26)27/h5-13,15,20H,1-4H3,(H,32,33). The Balaban J connectivity index is 1.70. The first kappa shape index (κ1) is 26.4. The molecule has 0 fully saturated rings. The van der Waals surface area contributed by atoms with Crippen molar-refractivity contribution in [1.82, 2.24) is 29.7 Å². The van der Waals surface area contributed by atoms with E-state index in [4.69, 9.17) is 9.47 Å². The normalized spacial score (nSPS) is 13.3. The van der Waals surface area contributed by atoms with E-state index >= 15 is 0 Å². The number of benzene rings is 1. The zero-order chi connectivity index (χ0) is 26.6. The van der Waals surface area contributed by atoms with Crippen LogP contribution in [0.15, 0.2) is 54.9 Å². The first-order valence-electron chi connectivity index (χ1n) is 11.1. The second-order valence-electron chi connectivity index (χ2n) is 8.00. The molecule has 0 amide bonds. The summed E-state index contributed by atoms with van der Waals surface area (Å²) in [6.07, 6.45) is -1.56. The number of aromatic nitrogens is 6. The lowest BCUT2D eigenvalue weighted by atomic mass is 10.2. The predicted octanol–water partition coefficient (Wildman–Crippen LogP) is 5.29. The van der Waals surface area contributed by atoms with Crippen LogP contribution < -0.4 is 9.46 Å². The highest BCUT2D eigenvalue weighted by molar-refractivity contribution is 8.01. The SMILES string of the molecule is COc1cccc(-c2nnc(NSC(C)C(OC)c3ncc(C)cn3)n2-c2cccc(C(F)(F)F)c2)n1. The van der Waals surface area contributed by atoms with Crippen LogP contribution in [0.4, 0.5) is 19.1 Å². The fourth-order valence-corrected chi connectivity index (χ4v) is 4.28. The molecule has 37 heavy (non-hydrogen) atoms. The molecule has 0 radical (unpaired) electrons. The van der Waals surface area contributed by atoms with Gasteiger partial charge in [0.25, 0.3) is 0 Å². The third-order valence-corrected chi connectivity index (χ3v) is 6.25. The molecule has 3 heterocycles. The van der Waals surface area contributed by atoms with E-state index in [2.05, 4.69) is 29.9 Å². The van der Waals surface area contributed by atoms with Crippen molar-refractivity contribution in [3.63, 3.8) is 0 Å². The Morgan fingerprint density at radius 3 is 2.43 bits per heavy atom. The van der Waals surface area contributed by atoms with E-state index in [-0.39, 0.29) is 22.7 Å². The molecule has 0 saturated carbocycles. The van der Waals surface area contributed by atoms with E-state index in [1.807, 2.05) is 13.8 Å². The van der Waals surface area contributed by atoms with Crippen LogP contribution in [0.25, 0.3) is 17.2 Å². The summed E-state index contributed by atoms with van der Waals surface area (Å²) >= 11 is 1.25. The zero-order valence-electron chi connectivity index (χ0n) is 20.4. The van der Waals surface area contributed by atoms with Gasteiger partial charge < -0.3 is 9.47 Å². The molecule has 9 nitrogen and oxygen atoms in total. The van der Waals surface area contributed by atoms with Crippen molar-refractivity contribution >= 4 is 17.9 Å². The highest BCUT2D eigenvalue weighted by Crippen LogP contribution is 2.34. The molecule has 4 rings (SSSR count). The molecule has 0 aliphatic rings. The quantitative estimate of drug-likeness (QED) is 0.289. The lowest BCUT2D eigenvalue weighted by Gasteiger charge is -2.21. The van der Waals surface area contributed by atoms with Gasteiger partial charge in [0.15, 0.2) is 11.6 Å². The number of hydrogen-bond acceptors (Lipinski definition) is 9. The molecule has 194 valence electrons. The molecule has 0 aliphatic heterocycles. The number of hydrogen-bond donors (Lipinski definition) is 1. The van der Waals surface area contributed by atoms with E-state index in [1.165, 1.54) is 29.7 Å². The van der Waals surface area contributed by atoms with Gasteiger partial charge in [-0.3, -0.25) is 9.29 Å². The van der Waals surface area contributed by atoms with Gasteiger partial charge in [0, 0.05) is 25.6 Å². The summed E-state index contributed by atoms with van der Waals surface area (Å²) in [7, 11) is 3.03. The predicted molar refractivity (Wildman–Crippen MR) is 133 cm³/mol. The summed E-state index contributed by atoms with van der Waals surface area (Å²) in [4.78, 5) is 13.1. The minimum atomic E-state index is -4.52. The number of methoxy groups -OCH3 is 2. The van der Waals surface area contributed by atoms with Gasteiger partial charge in [-0.15, -0.1) is 10.2 Å². The average molecular weight is 532 g/mol. The van der Waals surface area contributed by atoms with Crippen molar-refractivity contribution in [1.29, 1.82) is 0 Å². The number of ether oxygens (including phenoxy) is 2. The number of rotatable bonds is 9. The maximum absolute atomic E-state index is 13.5. The summed E-state index contributed by atoms with van der Waals surface area (Å²) in [5, 5.41) is 8.22. The molecule has 13 heteroatoms. The van der Waals surface area contributed by atoms with Gasteiger partial charge in [0.05, 0.1) is 23.6 Å². The molecule has 3 aromatic heterocycles. The molecule has 1 N–H and O–H groups in total. The van der Waals surface area contributed by atoms with Crippen LogP contribution in [0.5, 0.6) is 5.88 Å². The Kier molecular flexibility index (Phi) is 7.93. The van der Waals surface area contributed by atoms with Gasteiger partial charge in [0.1, 0.15) is 11.8 Å². The maximum Gasteiger partial charge on any atom is 0.416 e. The highest BCUT2D eigenvalue weighted by Gasteiger charge is 2.31. The Morgan fingerprint density at radius 2 is 1.76 bits per heavy atom. The Bertz CT molecular complexity index is 1350. The van der Waals surface area contributed by atoms with Crippen LogP contribution in [0.2, 0.25) is 0 Å². The van der Waals surface area contributed by atoms with Crippen LogP contribution in [0, 0.1) is 6.92 Å². The highest BCUT2D eigenvalue weighted by atomic mass is 32.2. The van der Waals surface area contributed by atoms with Gasteiger partial charge in [-0.05, 0) is 55.6 Å². The van der Waals surface area contributed by atoms with Crippen LogP contribution in [-0.4, -0.2) is 49.2 Å². The van der Waals surface area contributed by atoms with Crippen LogP contribution >= 0.6 is 11.9 Å². The van der Waals surface area contributed by atoms with E-state index in [0.717, 1.165) is 17.7 Å². The van der Waals surface area contributed by atoms with E-state index in [9.17, 15) is 13.2 Å². The van der Waals surface area contributed by atoms with Crippen molar-refractivity contribution in [2.24, 2.45) is 0 Å². The maximum atomic E-state index is 13.5. The van der Waals surface area contributed by atoms with Crippen molar-refractivity contribution in [2.45, 2.75) is 31.4 Å². The van der Waals surface area contributed by atoms with Crippen LogP contribution in [0.3, 0.4) is 0 Å². The summed E-state index contributed by atoms with van der Waals surface area (Å²) in [6, 6.07) is 9.95. The van der Waals surface area contributed by atoms with Crippen LogP contribution in [-0.2, 0) is 10.9 Å². The second kappa shape index (κ2) is 11.1. The van der Waals surface area contributed by atoms with Gasteiger partial charge >= 0.3 is 6.18 Å². The van der Waals surface area contributed by atoms with E-state index in [1.54, 1.807) is 43.8 Å². The first-order chi connectivity index (χ1) is 17.7. The largest absolute Gasteiger partial charge is 0.481 e. The fraction of sp³-hybridized carbons (Fsp3) is 0.292. The number of halogens is 3. The zero-order valence-corrected chi connectivity index (χ0v) is 21.2. The van der Waals surface area contributed by atoms with Crippen molar-refractivity contribution in [3.05, 3.63) is 71.8 Å². The molecule has 0 aliphatic carbocycles. The van der Waals surface area contributed by atoms with Gasteiger partial charge in [-0.1, -0.05) is 12.1 Å². The van der Waals surface area contributed by atoms with E-state index in [0.29, 0.717) is 17.4 Å². The lowest BCUT2D eigenvalue weighted by Crippen LogP contribution is -2.19. The molecule has 0 spiro atoms. The smallest absolute Gasteiger partial charge is 0.416 e. The molecular formula is C24H24F3N7O2S. The first-order valence-corrected chi connectivity index (χ1v) is 12.0. The summed E-state index contributed by atoms with van der Waals surface area (Å²) < 4.78 is 55.9. The number of pyridine rings is 1. The summed E-state index contributed by atoms with van der Waals surface area (Å²) in [5.74, 6) is 1.28. The Labute approximate surface area is 215 Å². The minimum Gasteiger partial charge on any atom is -0.481 e. The number of anilines is 1. The Morgan fingerprint density at radius 1 is 1.03 bits per heavy atom. The second-order valence-corrected chi connectivity index (χ2v) is 9.18. The number of aryl methyl sites for hydroxylation is 1. The number of alkyl halides is 3. The number of nitrogens with one attached hydrogen (secondary N) is 1.